The van der Waals surface area contributed by atoms with Crippen molar-refractivity contribution in [3.8, 4) is 5.75 Å². The summed E-state index contributed by atoms with van der Waals surface area (Å²) in [6.45, 7) is 5.83. The van der Waals surface area contributed by atoms with Gasteiger partial charge in [-0.3, -0.25) is 0 Å². The zero-order chi connectivity index (χ0) is 15.5. The summed E-state index contributed by atoms with van der Waals surface area (Å²) in [4.78, 5) is 8.96. The number of para-hydroxylation sites is 2. The van der Waals surface area contributed by atoms with Crippen molar-refractivity contribution in [2.24, 2.45) is 0 Å². The molecule has 22 heavy (non-hydrogen) atoms. The number of rotatable bonds is 3. The third-order valence-corrected chi connectivity index (χ3v) is 4.47. The maximum absolute atomic E-state index is 6.00. The van der Waals surface area contributed by atoms with Gasteiger partial charge in [-0.1, -0.05) is 23.7 Å². The van der Waals surface area contributed by atoms with Crippen LogP contribution in [0.2, 0.25) is 5.15 Å². The fraction of sp³-hybridized carbons (Fsp3) is 0.353. The summed E-state index contributed by atoms with van der Waals surface area (Å²) in [6, 6.07) is 10.3. The molecule has 1 aromatic heterocycles. The molecule has 2 aromatic rings. The van der Waals surface area contributed by atoms with E-state index in [0.717, 1.165) is 48.9 Å². The standard InChI is InChI=1S/C17H20ClN3O/c1-13-11-14(12-19-17(13)18)20-7-9-21(10-8-20)15-5-3-4-6-16(15)22-2/h3-6,11-12H,7-10H2,1-2H3. The van der Waals surface area contributed by atoms with E-state index < -0.39 is 0 Å². The van der Waals surface area contributed by atoms with Crippen molar-refractivity contribution in [2.75, 3.05) is 43.1 Å². The van der Waals surface area contributed by atoms with Crippen LogP contribution in [0, 0.1) is 6.92 Å². The Labute approximate surface area is 136 Å². The van der Waals surface area contributed by atoms with Crippen LogP contribution in [0.5, 0.6) is 5.75 Å². The predicted octanol–water partition coefficient (Wildman–Crippen LogP) is 3.38. The quantitative estimate of drug-likeness (QED) is 0.811. The smallest absolute Gasteiger partial charge is 0.142 e. The van der Waals surface area contributed by atoms with Crippen molar-refractivity contribution in [2.45, 2.75) is 6.92 Å². The zero-order valence-corrected chi connectivity index (χ0v) is 13.7. The van der Waals surface area contributed by atoms with Gasteiger partial charge in [0.25, 0.3) is 0 Å². The van der Waals surface area contributed by atoms with Crippen LogP contribution in [0.15, 0.2) is 36.5 Å². The van der Waals surface area contributed by atoms with E-state index >= 15 is 0 Å². The molecule has 0 bridgehead atoms. The molecule has 1 aliphatic heterocycles. The number of hydrogen-bond donors (Lipinski definition) is 0. The van der Waals surface area contributed by atoms with E-state index in [1.807, 2.05) is 25.3 Å². The van der Waals surface area contributed by atoms with E-state index in [4.69, 9.17) is 16.3 Å². The third kappa shape index (κ3) is 2.97. The van der Waals surface area contributed by atoms with Gasteiger partial charge >= 0.3 is 0 Å². The number of aryl methyl sites for hydroxylation is 1. The van der Waals surface area contributed by atoms with Gasteiger partial charge in [0, 0.05) is 26.2 Å². The molecule has 0 aliphatic carbocycles. The Morgan fingerprint density at radius 1 is 1.09 bits per heavy atom. The highest BCUT2D eigenvalue weighted by molar-refractivity contribution is 6.30. The van der Waals surface area contributed by atoms with Gasteiger partial charge in [0.1, 0.15) is 10.9 Å². The molecule has 1 fully saturated rings. The zero-order valence-electron chi connectivity index (χ0n) is 12.9. The summed E-state index contributed by atoms with van der Waals surface area (Å²) in [5, 5.41) is 0.580. The average molecular weight is 318 g/mol. The molecule has 0 saturated carbocycles. The van der Waals surface area contributed by atoms with Gasteiger partial charge in [-0.05, 0) is 30.7 Å². The Morgan fingerprint density at radius 3 is 2.45 bits per heavy atom. The van der Waals surface area contributed by atoms with Gasteiger partial charge in [0.05, 0.1) is 24.7 Å². The Balaban J connectivity index is 1.71. The second-order valence-electron chi connectivity index (χ2n) is 5.45. The fourth-order valence-corrected chi connectivity index (χ4v) is 2.92. The monoisotopic (exact) mass is 317 g/mol. The lowest BCUT2D eigenvalue weighted by Crippen LogP contribution is -2.46. The number of hydrogen-bond acceptors (Lipinski definition) is 4. The molecular formula is C17H20ClN3O. The summed E-state index contributed by atoms with van der Waals surface area (Å²) < 4.78 is 5.46. The summed E-state index contributed by atoms with van der Waals surface area (Å²) in [5.41, 5.74) is 3.32. The summed E-state index contributed by atoms with van der Waals surface area (Å²) in [5.74, 6) is 0.931. The van der Waals surface area contributed by atoms with Gasteiger partial charge < -0.3 is 14.5 Å². The van der Waals surface area contributed by atoms with E-state index in [9.17, 15) is 0 Å². The number of ether oxygens (including phenoxy) is 1. The molecule has 0 radical (unpaired) electrons. The lowest BCUT2D eigenvalue weighted by molar-refractivity contribution is 0.413. The highest BCUT2D eigenvalue weighted by atomic mass is 35.5. The first-order valence-corrected chi connectivity index (χ1v) is 7.82. The molecule has 2 heterocycles. The summed E-state index contributed by atoms with van der Waals surface area (Å²) >= 11 is 6.00. The summed E-state index contributed by atoms with van der Waals surface area (Å²) in [7, 11) is 1.72. The van der Waals surface area contributed by atoms with Crippen LogP contribution < -0.4 is 14.5 Å². The number of pyridine rings is 1. The molecular weight excluding hydrogens is 298 g/mol. The number of benzene rings is 1. The number of nitrogens with zero attached hydrogens (tertiary/aromatic N) is 3. The van der Waals surface area contributed by atoms with Crippen molar-refractivity contribution in [3.63, 3.8) is 0 Å². The first-order chi connectivity index (χ1) is 10.7. The van der Waals surface area contributed by atoms with E-state index in [1.54, 1.807) is 7.11 Å². The Kier molecular flexibility index (Phi) is 4.39. The normalized spacial score (nSPS) is 15.0. The van der Waals surface area contributed by atoms with Gasteiger partial charge in [0.2, 0.25) is 0 Å². The largest absolute Gasteiger partial charge is 0.495 e. The van der Waals surface area contributed by atoms with Crippen LogP contribution >= 0.6 is 11.6 Å². The maximum atomic E-state index is 6.00. The van der Waals surface area contributed by atoms with Gasteiger partial charge in [-0.15, -0.1) is 0 Å². The number of halogens is 1. The van der Waals surface area contributed by atoms with Gasteiger partial charge in [0.15, 0.2) is 0 Å². The van der Waals surface area contributed by atoms with Crippen molar-refractivity contribution in [1.82, 2.24) is 4.98 Å². The molecule has 5 heteroatoms. The minimum absolute atomic E-state index is 0.580. The van der Waals surface area contributed by atoms with Crippen molar-refractivity contribution < 1.29 is 4.74 Å². The van der Waals surface area contributed by atoms with Gasteiger partial charge in [-0.25, -0.2) is 4.98 Å². The molecule has 0 unspecified atom stereocenters. The predicted molar refractivity (Wildman–Crippen MR) is 91.4 cm³/mol. The Morgan fingerprint density at radius 2 is 1.77 bits per heavy atom. The van der Waals surface area contributed by atoms with Crippen LogP contribution in [-0.2, 0) is 0 Å². The Bertz CT molecular complexity index is 654. The van der Waals surface area contributed by atoms with Crippen LogP contribution in [0.4, 0.5) is 11.4 Å². The van der Waals surface area contributed by atoms with Crippen LogP contribution in [0.25, 0.3) is 0 Å². The fourth-order valence-electron chi connectivity index (χ4n) is 2.81. The molecule has 0 N–H and O–H groups in total. The first-order valence-electron chi connectivity index (χ1n) is 7.44. The average Bonchev–Trinajstić information content (AvgIpc) is 2.57. The van der Waals surface area contributed by atoms with Crippen LogP contribution in [0.3, 0.4) is 0 Å². The number of anilines is 2. The molecule has 0 spiro atoms. The topological polar surface area (TPSA) is 28.6 Å². The van der Waals surface area contributed by atoms with Gasteiger partial charge in [-0.2, -0.15) is 0 Å². The minimum atomic E-state index is 0.580. The molecule has 0 amide bonds. The molecule has 1 aromatic carbocycles. The van der Waals surface area contributed by atoms with E-state index in [-0.39, 0.29) is 0 Å². The number of piperazine rings is 1. The van der Waals surface area contributed by atoms with Crippen molar-refractivity contribution in [1.29, 1.82) is 0 Å². The van der Waals surface area contributed by atoms with Crippen molar-refractivity contribution >= 4 is 23.0 Å². The minimum Gasteiger partial charge on any atom is -0.495 e. The highest BCUT2D eigenvalue weighted by Gasteiger charge is 2.20. The molecule has 1 saturated heterocycles. The first kappa shape index (κ1) is 15.0. The SMILES string of the molecule is COc1ccccc1N1CCN(c2cnc(Cl)c(C)c2)CC1. The highest BCUT2D eigenvalue weighted by Crippen LogP contribution is 2.29. The molecule has 3 rings (SSSR count). The van der Waals surface area contributed by atoms with Crippen LogP contribution in [0.1, 0.15) is 5.56 Å². The lowest BCUT2D eigenvalue weighted by Gasteiger charge is -2.37. The second-order valence-corrected chi connectivity index (χ2v) is 5.81. The molecule has 4 nitrogen and oxygen atoms in total. The van der Waals surface area contributed by atoms with Crippen LogP contribution in [-0.4, -0.2) is 38.3 Å². The van der Waals surface area contributed by atoms with Crippen molar-refractivity contribution in [3.05, 3.63) is 47.2 Å². The van der Waals surface area contributed by atoms with E-state index in [2.05, 4.69) is 33.0 Å². The maximum Gasteiger partial charge on any atom is 0.142 e. The summed E-state index contributed by atoms with van der Waals surface area (Å²) in [6.07, 6.45) is 1.86. The van der Waals surface area contributed by atoms with E-state index in [0.29, 0.717) is 5.15 Å². The molecule has 1 aliphatic rings. The molecule has 116 valence electrons. The number of aromatic nitrogens is 1. The lowest BCUT2D eigenvalue weighted by atomic mass is 10.2. The van der Waals surface area contributed by atoms with E-state index in [1.165, 1.54) is 0 Å². The third-order valence-electron chi connectivity index (χ3n) is 4.07. The Hall–Kier alpha value is -1.94. The second kappa shape index (κ2) is 6.44. The molecule has 0 atom stereocenters. The number of methoxy groups -OCH3 is 1.